The number of nitrogens with zero attached hydrogens (tertiary/aromatic N) is 3. The predicted molar refractivity (Wildman–Crippen MR) is 98.8 cm³/mol. The summed E-state index contributed by atoms with van der Waals surface area (Å²) in [5.41, 5.74) is 4.05. The van der Waals surface area contributed by atoms with Gasteiger partial charge in [-0.15, -0.1) is 0 Å². The predicted octanol–water partition coefficient (Wildman–Crippen LogP) is 1.47. The number of benzene rings is 1. The Kier molecular flexibility index (Phi) is 4.71. The van der Waals surface area contributed by atoms with Crippen LogP contribution in [0.2, 0.25) is 5.02 Å². The Balaban J connectivity index is 1.73. The van der Waals surface area contributed by atoms with E-state index in [1.54, 1.807) is 0 Å². The maximum absolute atomic E-state index is 14.3. The largest absolute Gasteiger partial charge is 0.387 e. The number of nitrogens with two attached hydrogens (primary N) is 1. The zero-order valence-corrected chi connectivity index (χ0v) is 15.8. The monoisotopic (exact) mass is 426 g/mol. The first-order valence-electron chi connectivity index (χ1n) is 8.59. The van der Waals surface area contributed by atoms with Crippen LogP contribution in [0.15, 0.2) is 30.7 Å². The maximum Gasteiger partial charge on any atom is 0.164 e. The number of aliphatic hydroxyl groups excluding tert-OH is 2. The second-order valence-corrected chi connectivity index (χ2v) is 7.45. The molecule has 0 amide bonds. The van der Waals surface area contributed by atoms with Crippen molar-refractivity contribution in [3.8, 4) is 0 Å². The second-order valence-electron chi connectivity index (χ2n) is 7.05. The number of fused-ring (bicyclic) bond motifs is 1. The SMILES string of the molecule is C[C@@](O)(c1ccc(F)c(Cl)c1)[C@H]1O[C@@H](n2cc(F)c3c(N)ncnc32)[C@H](O)[C@@H]1O. The van der Waals surface area contributed by atoms with Crippen molar-refractivity contribution in [3.05, 3.63) is 52.9 Å². The quantitative estimate of drug-likeness (QED) is 0.499. The standard InChI is InChI=1S/C18H17ClF2N4O4/c1-18(28,7-2-3-9(20)8(19)4-7)14-12(26)13(27)17(29-14)25-5-10(21)11-15(22)23-6-24-16(11)25/h2-6,12-14,17,26-28H,1H3,(H2,22,23,24)/t12-,13+,14-,17+,18+/m0/s1. The molecule has 0 spiro atoms. The Bertz CT molecular complexity index is 1090. The number of ether oxygens (including phenoxy) is 1. The molecule has 5 atom stereocenters. The van der Waals surface area contributed by atoms with E-state index in [0.29, 0.717) is 0 Å². The van der Waals surface area contributed by atoms with Gasteiger partial charge in [0.15, 0.2) is 17.7 Å². The van der Waals surface area contributed by atoms with Gasteiger partial charge in [-0.25, -0.2) is 18.7 Å². The van der Waals surface area contributed by atoms with E-state index >= 15 is 0 Å². The van der Waals surface area contributed by atoms with E-state index < -0.39 is 41.8 Å². The second kappa shape index (κ2) is 6.85. The van der Waals surface area contributed by atoms with Crippen LogP contribution < -0.4 is 5.73 Å². The molecule has 0 bridgehead atoms. The molecule has 5 N–H and O–H groups in total. The molecule has 0 aliphatic carbocycles. The van der Waals surface area contributed by atoms with Crippen LogP contribution in [0.3, 0.4) is 0 Å². The first-order valence-corrected chi connectivity index (χ1v) is 8.96. The molecule has 11 heteroatoms. The number of aromatic nitrogens is 3. The van der Waals surface area contributed by atoms with Gasteiger partial charge >= 0.3 is 0 Å². The van der Waals surface area contributed by atoms with Gasteiger partial charge in [-0.3, -0.25) is 0 Å². The fraction of sp³-hybridized carbons (Fsp3) is 0.333. The number of nitrogen functional groups attached to an aromatic ring is 1. The van der Waals surface area contributed by atoms with Crippen molar-refractivity contribution < 1.29 is 28.8 Å². The van der Waals surface area contributed by atoms with Crippen molar-refractivity contribution in [2.24, 2.45) is 0 Å². The van der Waals surface area contributed by atoms with Crippen LogP contribution in [0, 0.1) is 11.6 Å². The van der Waals surface area contributed by atoms with Gasteiger partial charge in [0.05, 0.1) is 10.4 Å². The maximum atomic E-state index is 14.3. The minimum Gasteiger partial charge on any atom is -0.387 e. The van der Waals surface area contributed by atoms with Crippen LogP contribution in [0.5, 0.6) is 0 Å². The molecule has 0 radical (unpaired) electrons. The molecule has 1 aliphatic heterocycles. The van der Waals surface area contributed by atoms with Gasteiger partial charge in [0.1, 0.15) is 41.9 Å². The average molecular weight is 427 g/mol. The lowest BCUT2D eigenvalue weighted by molar-refractivity contribution is -0.135. The Morgan fingerprint density at radius 3 is 2.62 bits per heavy atom. The number of hydrogen-bond acceptors (Lipinski definition) is 7. The van der Waals surface area contributed by atoms with Gasteiger partial charge in [0.25, 0.3) is 0 Å². The Morgan fingerprint density at radius 2 is 1.93 bits per heavy atom. The van der Waals surface area contributed by atoms with Gasteiger partial charge < -0.3 is 30.4 Å². The van der Waals surface area contributed by atoms with E-state index in [0.717, 1.165) is 18.6 Å². The fourth-order valence-corrected chi connectivity index (χ4v) is 3.77. The van der Waals surface area contributed by atoms with Crippen molar-refractivity contribution >= 4 is 28.5 Å². The van der Waals surface area contributed by atoms with Crippen LogP contribution in [0.25, 0.3) is 11.0 Å². The highest BCUT2D eigenvalue weighted by molar-refractivity contribution is 6.30. The molecule has 1 aliphatic rings. The summed E-state index contributed by atoms with van der Waals surface area (Å²) in [6.07, 6.45) is -3.57. The number of rotatable bonds is 3. The first-order chi connectivity index (χ1) is 13.6. The molecular weight excluding hydrogens is 410 g/mol. The fourth-order valence-electron chi connectivity index (χ4n) is 3.59. The lowest BCUT2D eigenvalue weighted by atomic mass is 9.87. The smallest absolute Gasteiger partial charge is 0.164 e. The molecule has 0 saturated carbocycles. The molecule has 0 unspecified atom stereocenters. The third kappa shape index (κ3) is 3.04. The first kappa shape index (κ1) is 19.9. The van der Waals surface area contributed by atoms with E-state index in [9.17, 15) is 24.1 Å². The molecule has 154 valence electrons. The van der Waals surface area contributed by atoms with E-state index in [1.807, 2.05) is 0 Å². The van der Waals surface area contributed by atoms with Crippen molar-refractivity contribution in [1.29, 1.82) is 0 Å². The summed E-state index contributed by atoms with van der Waals surface area (Å²) in [5, 5.41) is 31.8. The third-order valence-corrected chi connectivity index (χ3v) is 5.45. The van der Waals surface area contributed by atoms with Crippen LogP contribution in [0.1, 0.15) is 18.7 Å². The van der Waals surface area contributed by atoms with Crippen molar-refractivity contribution in [1.82, 2.24) is 14.5 Å². The minimum atomic E-state index is -1.86. The summed E-state index contributed by atoms with van der Waals surface area (Å²) in [6, 6.07) is 3.55. The van der Waals surface area contributed by atoms with E-state index in [1.165, 1.54) is 23.6 Å². The van der Waals surface area contributed by atoms with Gasteiger partial charge in [-0.2, -0.15) is 0 Å². The lowest BCUT2D eigenvalue weighted by Gasteiger charge is -2.32. The normalized spacial score (nSPS) is 26.7. The third-order valence-electron chi connectivity index (χ3n) is 5.16. The number of halogens is 3. The zero-order chi connectivity index (χ0) is 21.1. The highest BCUT2D eigenvalue weighted by atomic mass is 35.5. The molecule has 1 fully saturated rings. The van der Waals surface area contributed by atoms with Crippen LogP contribution >= 0.6 is 11.6 Å². The van der Waals surface area contributed by atoms with Crippen molar-refractivity contribution in [2.75, 3.05) is 5.73 Å². The average Bonchev–Trinajstić information content (AvgIpc) is 3.16. The topological polar surface area (TPSA) is 127 Å². The van der Waals surface area contributed by atoms with Crippen molar-refractivity contribution in [2.45, 2.75) is 37.1 Å². The highest BCUT2D eigenvalue weighted by Gasteiger charge is 2.52. The molecule has 3 aromatic rings. The summed E-state index contributed by atoms with van der Waals surface area (Å²) < 4.78 is 34.7. The Labute approximate surface area is 168 Å². The molecular formula is C18H17ClF2N4O4. The Hall–Kier alpha value is -2.37. The summed E-state index contributed by atoms with van der Waals surface area (Å²) >= 11 is 5.79. The minimum absolute atomic E-state index is 0.0522. The molecule has 4 rings (SSSR count). The number of aliphatic hydroxyl groups is 3. The Morgan fingerprint density at radius 1 is 1.21 bits per heavy atom. The summed E-state index contributed by atoms with van der Waals surface area (Å²) in [5.74, 6) is -1.50. The van der Waals surface area contributed by atoms with Crippen molar-refractivity contribution in [3.63, 3.8) is 0 Å². The van der Waals surface area contributed by atoms with E-state index in [2.05, 4.69) is 9.97 Å². The molecule has 3 heterocycles. The molecule has 1 aromatic carbocycles. The molecule has 29 heavy (non-hydrogen) atoms. The van der Waals surface area contributed by atoms with Gasteiger partial charge in [-0.1, -0.05) is 17.7 Å². The van der Waals surface area contributed by atoms with Crippen LogP contribution in [-0.4, -0.2) is 48.2 Å². The van der Waals surface area contributed by atoms with Gasteiger partial charge in [-0.05, 0) is 24.6 Å². The summed E-state index contributed by atoms with van der Waals surface area (Å²) in [6.45, 7) is 1.33. The zero-order valence-electron chi connectivity index (χ0n) is 15.0. The molecule has 8 nitrogen and oxygen atoms in total. The van der Waals surface area contributed by atoms with E-state index in [-0.39, 0.29) is 27.4 Å². The number of hydrogen-bond donors (Lipinski definition) is 4. The summed E-state index contributed by atoms with van der Waals surface area (Å²) in [7, 11) is 0. The van der Waals surface area contributed by atoms with Gasteiger partial charge in [0.2, 0.25) is 0 Å². The molecule has 2 aromatic heterocycles. The lowest BCUT2D eigenvalue weighted by Crippen LogP contribution is -2.45. The molecule has 1 saturated heterocycles. The summed E-state index contributed by atoms with van der Waals surface area (Å²) in [4.78, 5) is 7.70. The van der Waals surface area contributed by atoms with Gasteiger partial charge in [0, 0.05) is 6.20 Å². The van der Waals surface area contributed by atoms with E-state index in [4.69, 9.17) is 22.1 Å². The van der Waals surface area contributed by atoms with Crippen LogP contribution in [-0.2, 0) is 10.3 Å². The van der Waals surface area contributed by atoms with Crippen LogP contribution in [0.4, 0.5) is 14.6 Å². The highest BCUT2D eigenvalue weighted by Crippen LogP contribution is 2.41. The number of anilines is 1.